The highest BCUT2D eigenvalue weighted by Crippen LogP contribution is 2.16. The fourth-order valence-corrected chi connectivity index (χ4v) is 1.65. The molecule has 0 aliphatic heterocycles. The lowest BCUT2D eigenvalue weighted by Crippen LogP contribution is -2.40. The maximum Gasteiger partial charge on any atom is 0.328 e. The van der Waals surface area contributed by atoms with Crippen molar-refractivity contribution < 1.29 is 14.7 Å². The Balaban J connectivity index is 3.07. The third kappa shape index (κ3) is 4.58. The number of carboxylic acids is 1. The lowest BCUT2D eigenvalue weighted by atomic mass is 10.00. The van der Waals surface area contributed by atoms with Crippen LogP contribution in [0.1, 0.15) is 42.3 Å². The minimum absolute atomic E-state index is 0.157. The number of nitrogens with one attached hydrogen (secondary N) is 1. The second-order valence-electron chi connectivity index (χ2n) is 5.40. The topological polar surface area (TPSA) is 66.4 Å². The van der Waals surface area contributed by atoms with E-state index in [1.54, 1.807) is 25.1 Å². The van der Waals surface area contributed by atoms with Gasteiger partial charge in [-0.2, -0.15) is 0 Å². The first-order chi connectivity index (χ1) is 8.70. The van der Waals surface area contributed by atoms with E-state index < -0.39 is 5.97 Å². The molecule has 1 rings (SSSR count). The van der Waals surface area contributed by atoms with Crippen LogP contribution in [0.15, 0.2) is 24.3 Å². The summed E-state index contributed by atoms with van der Waals surface area (Å²) in [5.41, 5.74) is 1.74. The van der Waals surface area contributed by atoms with Crippen molar-refractivity contribution in [2.75, 3.05) is 0 Å². The zero-order valence-electron chi connectivity index (χ0n) is 11.7. The van der Waals surface area contributed by atoms with E-state index in [-0.39, 0.29) is 11.4 Å². The van der Waals surface area contributed by atoms with Gasteiger partial charge in [-0.3, -0.25) is 4.79 Å². The van der Waals surface area contributed by atoms with Gasteiger partial charge < -0.3 is 10.4 Å². The summed E-state index contributed by atoms with van der Waals surface area (Å²) in [6, 6.07) is 5.25. The van der Waals surface area contributed by atoms with Crippen molar-refractivity contribution >= 4 is 18.0 Å². The quantitative estimate of drug-likeness (QED) is 0.822. The highest BCUT2D eigenvalue weighted by atomic mass is 16.4. The average molecular weight is 261 g/mol. The summed E-state index contributed by atoms with van der Waals surface area (Å²) in [6.07, 6.45) is 2.55. The number of carbonyl (C=O) groups excluding carboxylic acids is 1. The number of amides is 1. The van der Waals surface area contributed by atoms with Gasteiger partial charge in [0.15, 0.2) is 0 Å². The van der Waals surface area contributed by atoms with Crippen molar-refractivity contribution in [3.05, 3.63) is 41.0 Å². The maximum absolute atomic E-state index is 12.1. The van der Waals surface area contributed by atoms with Gasteiger partial charge in [0.1, 0.15) is 0 Å². The molecule has 4 nitrogen and oxygen atoms in total. The Morgan fingerprint density at radius 3 is 2.42 bits per heavy atom. The van der Waals surface area contributed by atoms with E-state index in [9.17, 15) is 9.59 Å². The van der Waals surface area contributed by atoms with Crippen LogP contribution in [-0.4, -0.2) is 22.5 Å². The summed E-state index contributed by atoms with van der Waals surface area (Å²) in [7, 11) is 0. The Labute approximate surface area is 113 Å². The number of aliphatic carboxylic acids is 1. The molecule has 0 fully saturated rings. The minimum Gasteiger partial charge on any atom is -0.478 e. The third-order valence-corrected chi connectivity index (χ3v) is 2.51. The first-order valence-corrected chi connectivity index (χ1v) is 6.04. The molecule has 0 unspecified atom stereocenters. The molecule has 19 heavy (non-hydrogen) atoms. The van der Waals surface area contributed by atoms with Gasteiger partial charge in [0.2, 0.25) is 0 Å². The molecule has 0 saturated heterocycles. The van der Waals surface area contributed by atoms with Crippen LogP contribution in [0.2, 0.25) is 0 Å². The first kappa shape index (κ1) is 15.0. The van der Waals surface area contributed by atoms with Crippen molar-refractivity contribution in [1.29, 1.82) is 0 Å². The molecule has 0 saturated carbocycles. The van der Waals surface area contributed by atoms with Crippen molar-refractivity contribution in [1.82, 2.24) is 5.32 Å². The van der Waals surface area contributed by atoms with Gasteiger partial charge in [-0.25, -0.2) is 4.79 Å². The molecule has 4 heteroatoms. The zero-order valence-corrected chi connectivity index (χ0v) is 11.7. The van der Waals surface area contributed by atoms with Gasteiger partial charge in [-0.1, -0.05) is 12.1 Å². The molecule has 1 aromatic carbocycles. The molecule has 0 atom stereocenters. The van der Waals surface area contributed by atoms with Gasteiger partial charge in [0.05, 0.1) is 0 Å². The Morgan fingerprint density at radius 2 is 1.89 bits per heavy atom. The molecule has 0 heterocycles. The maximum atomic E-state index is 12.1. The van der Waals surface area contributed by atoms with Crippen molar-refractivity contribution in [2.45, 2.75) is 33.2 Å². The normalized spacial score (nSPS) is 11.6. The van der Waals surface area contributed by atoms with Crippen LogP contribution >= 0.6 is 0 Å². The molecule has 0 spiro atoms. The number of benzene rings is 1. The molecule has 1 aromatic rings. The molecule has 0 aliphatic rings. The van der Waals surface area contributed by atoms with E-state index in [1.165, 1.54) is 6.08 Å². The number of rotatable bonds is 3. The predicted molar refractivity (Wildman–Crippen MR) is 75.1 cm³/mol. The summed E-state index contributed by atoms with van der Waals surface area (Å²) >= 11 is 0. The van der Waals surface area contributed by atoms with Crippen LogP contribution in [-0.2, 0) is 4.79 Å². The monoisotopic (exact) mass is 261 g/mol. The largest absolute Gasteiger partial charge is 0.478 e. The minimum atomic E-state index is -1.01. The highest BCUT2D eigenvalue weighted by molar-refractivity contribution is 5.97. The number of hydrogen-bond donors (Lipinski definition) is 2. The average Bonchev–Trinajstić information content (AvgIpc) is 2.25. The Kier molecular flexibility index (Phi) is 4.48. The summed E-state index contributed by atoms with van der Waals surface area (Å²) < 4.78 is 0. The lowest BCUT2D eigenvalue weighted by molar-refractivity contribution is -0.131. The third-order valence-electron chi connectivity index (χ3n) is 2.51. The van der Waals surface area contributed by atoms with Crippen molar-refractivity contribution in [3.8, 4) is 0 Å². The molecular weight excluding hydrogens is 242 g/mol. The molecule has 0 radical (unpaired) electrons. The number of hydrogen-bond acceptors (Lipinski definition) is 2. The Hall–Kier alpha value is -2.10. The number of carbonyl (C=O) groups is 2. The van der Waals surface area contributed by atoms with Crippen LogP contribution in [0.4, 0.5) is 0 Å². The smallest absolute Gasteiger partial charge is 0.328 e. The van der Waals surface area contributed by atoms with E-state index in [4.69, 9.17) is 5.11 Å². The van der Waals surface area contributed by atoms with E-state index >= 15 is 0 Å². The molecule has 0 aliphatic carbocycles. The summed E-state index contributed by atoms with van der Waals surface area (Å²) in [4.78, 5) is 22.6. The van der Waals surface area contributed by atoms with Gasteiger partial charge in [0, 0.05) is 17.2 Å². The van der Waals surface area contributed by atoms with Crippen LogP contribution in [0.5, 0.6) is 0 Å². The van der Waals surface area contributed by atoms with E-state index in [2.05, 4.69) is 5.32 Å². The number of carboxylic acid groups (broad SMARTS) is 1. The van der Waals surface area contributed by atoms with Gasteiger partial charge >= 0.3 is 5.97 Å². The fraction of sp³-hybridized carbons (Fsp3) is 0.333. The highest BCUT2D eigenvalue weighted by Gasteiger charge is 2.17. The molecule has 0 bridgehead atoms. The van der Waals surface area contributed by atoms with Gasteiger partial charge in [-0.05, 0) is 51.0 Å². The predicted octanol–water partition coefficient (Wildman–Crippen LogP) is 2.62. The second kappa shape index (κ2) is 5.69. The molecule has 102 valence electrons. The molecule has 2 N–H and O–H groups in total. The zero-order chi connectivity index (χ0) is 14.6. The molecule has 0 aromatic heterocycles. The van der Waals surface area contributed by atoms with Crippen molar-refractivity contribution in [3.63, 3.8) is 0 Å². The van der Waals surface area contributed by atoms with Gasteiger partial charge in [0.25, 0.3) is 5.91 Å². The summed E-state index contributed by atoms with van der Waals surface area (Å²) in [5, 5.41) is 11.5. The van der Waals surface area contributed by atoms with E-state index in [0.717, 1.165) is 17.2 Å². The van der Waals surface area contributed by atoms with Gasteiger partial charge in [-0.15, -0.1) is 0 Å². The van der Waals surface area contributed by atoms with Crippen molar-refractivity contribution in [2.24, 2.45) is 0 Å². The lowest BCUT2D eigenvalue weighted by Gasteiger charge is -2.21. The van der Waals surface area contributed by atoms with Crippen LogP contribution in [0.3, 0.4) is 0 Å². The summed E-state index contributed by atoms with van der Waals surface area (Å²) in [5.74, 6) is -1.17. The fourth-order valence-electron chi connectivity index (χ4n) is 1.65. The Bertz CT molecular complexity index is 525. The first-order valence-electron chi connectivity index (χ1n) is 6.04. The van der Waals surface area contributed by atoms with Crippen LogP contribution in [0, 0.1) is 6.92 Å². The second-order valence-corrected chi connectivity index (χ2v) is 5.40. The standard InChI is InChI=1S/C15H19NO3/c1-10-11(8-9-13(17)18)6-5-7-12(10)14(19)16-15(2,3)4/h5-9H,1-4H3,(H,16,19)(H,17,18). The summed E-state index contributed by atoms with van der Waals surface area (Å²) in [6.45, 7) is 7.54. The van der Waals surface area contributed by atoms with E-state index in [0.29, 0.717) is 5.56 Å². The Morgan fingerprint density at radius 1 is 1.26 bits per heavy atom. The molecule has 1 amide bonds. The van der Waals surface area contributed by atoms with E-state index in [1.807, 2.05) is 20.8 Å². The SMILES string of the molecule is Cc1c(C=CC(=O)O)cccc1C(=O)NC(C)(C)C. The van der Waals surface area contributed by atoms with Crippen LogP contribution < -0.4 is 5.32 Å². The molecular formula is C15H19NO3. The van der Waals surface area contributed by atoms with Crippen LogP contribution in [0.25, 0.3) is 6.08 Å².